The van der Waals surface area contributed by atoms with Crippen LogP contribution in [0.15, 0.2) is 17.1 Å². The normalized spacial score (nSPS) is 17.2. The van der Waals surface area contributed by atoms with E-state index in [9.17, 15) is 5.21 Å². The van der Waals surface area contributed by atoms with Gasteiger partial charge in [-0.05, 0) is 42.4 Å². The highest BCUT2D eigenvalue weighted by molar-refractivity contribution is 5.84. The molecule has 0 aliphatic heterocycles. The molecule has 5 heteroatoms. The van der Waals surface area contributed by atoms with Crippen LogP contribution in [0.2, 0.25) is 0 Å². The van der Waals surface area contributed by atoms with Gasteiger partial charge in [-0.3, -0.25) is 0 Å². The monoisotopic (exact) mass is 294 g/mol. The minimum Gasteiger partial charge on any atom is -0.396 e. The Bertz CT molecular complexity index is 487. The van der Waals surface area contributed by atoms with Gasteiger partial charge in [0.15, 0.2) is 5.69 Å². The first-order chi connectivity index (χ1) is 10.2. The SMILES string of the molecule is CC.CCC(N)=Nc1cc2c(cc1[NH2+]O)CC(CCO)C2. The Kier molecular flexibility index (Phi) is 7.36. The van der Waals surface area contributed by atoms with Crippen molar-refractivity contribution >= 4 is 17.2 Å². The van der Waals surface area contributed by atoms with Crippen LogP contribution in [0.4, 0.5) is 11.4 Å². The number of aliphatic hydroxyl groups excluding tert-OH is 1. The summed E-state index contributed by atoms with van der Waals surface area (Å²) >= 11 is 0. The smallest absolute Gasteiger partial charge is 0.188 e. The van der Waals surface area contributed by atoms with Gasteiger partial charge in [0.25, 0.3) is 0 Å². The lowest BCUT2D eigenvalue weighted by Gasteiger charge is -2.05. The zero-order chi connectivity index (χ0) is 15.8. The molecule has 0 spiro atoms. The largest absolute Gasteiger partial charge is 0.396 e. The number of aliphatic imine (C=N–C) groups is 1. The van der Waals surface area contributed by atoms with Crippen molar-refractivity contribution in [2.75, 3.05) is 6.61 Å². The van der Waals surface area contributed by atoms with Gasteiger partial charge in [0, 0.05) is 19.1 Å². The molecule has 2 rings (SSSR count). The minimum atomic E-state index is 0.228. The highest BCUT2D eigenvalue weighted by Gasteiger charge is 2.23. The Morgan fingerprint density at radius 2 is 1.95 bits per heavy atom. The molecule has 6 N–H and O–H groups in total. The average Bonchev–Trinajstić information content (AvgIpc) is 2.90. The van der Waals surface area contributed by atoms with E-state index in [0.717, 1.165) is 30.4 Å². The molecule has 0 fully saturated rings. The number of quaternary nitrogens is 1. The Morgan fingerprint density at radius 1 is 1.33 bits per heavy atom. The van der Waals surface area contributed by atoms with Crippen molar-refractivity contribution in [3.05, 3.63) is 23.3 Å². The van der Waals surface area contributed by atoms with E-state index in [1.807, 2.05) is 32.9 Å². The Labute approximate surface area is 126 Å². The van der Waals surface area contributed by atoms with Gasteiger partial charge in [-0.15, -0.1) is 0 Å². The van der Waals surface area contributed by atoms with Crippen LogP contribution in [0.5, 0.6) is 0 Å². The van der Waals surface area contributed by atoms with E-state index in [1.165, 1.54) is 11.1 Å². The van der Waals surface area contributed by atoms with E-state index in [0.29, 0.717) is 23.9 Å². The third kappa shape index (κ3) is 4.52. The summed E-state index contributed by atoms with van der Waals surface area (Å²) in [5, 5.41) is 18.4. The molecule has 21 heavy (non-hydrogen) atoms. The molecule has 0 radical (unpaired) electrons. The predicted molar refractivity (Wildman–Crippen MR) is 85.3 cm³/mol. The lowest BCUT2D eigenvalue weighted by atomic mass is 10.0. The molecule has 0 saturated heterocycles. The molecular weight excluding hydrogens is 266 g/mol. The number of fused-ring (bicyclic) bond motifs is 1. The van der Waals surface area contributed by atoms with Gasteiger partial charge in [-0.1, -0.05) is 20.8 Å². The molecule has 0 aromatic heterocycles. The molecule has 1 aliphatic rings. The zero-order valence-corrected chi connectivity index (χ0v) is 13.3. The number of aliphatic hydroxyl groups is 1. The number of benzene rings is 1. The summed E-state index contributed by atoms with van der Waals surface area (Å²) in [6.07, 6.45) is 3.44. The van der Waals surface area contributed by atoms with E-state index < -0.39 is 0 Å². The first-order valence-electron chi connectivity index (χ1n) is 7.75. The first kappa shape index (κ1) is 17.6. The molecule has 0 bridgehead atoms. The van der Waals surface area contributed by atoms with Crippen LogP contribution in [0, 0.1) is 5.92 Å². The van der Waals surface area contributed by atoms with Gasteiger partial charge >= 0.3 is 0 Å². The van der Waals surface area contributed by atoms with Gasteiger partial charge in [0.05, 0.1) is 5.84 Å². The third-order valence-corrected chi connectivity index (χ3v) is 3.67. The summed E-state index contributed by atoms with van der Waals surface area (Å²) in [4.78, 5) is 4.35. The van der Waals surface area contributed by atoms with Crippen molar-refractivity contribution in [1.82, 2.24) is 0 Å². The number of hydrogen-bond donors (Lipinski definition) is 4. The summed E-state index contributed by atoms with van der Waals surface area (Å²) in [5.74, 6) is 1.06. The van der Waals surface area contributed by atoms with Crippen LogP contribution < -0.4 is 11.2 Å². The quantitative estimate of drug-likeness (QED) is 0.288. The number of hydrogen-bond acceptors (Lipinski definition) is 3. The highest BCUT2D eigenvalue weighted by Crippen LogP contribution is 2.34. The fourth-order valence-corrected chi connectivity index (χ4v) is 2.59. The maximum atomic E-state index is 9.33. The topological polar surface area (TPSA) is 95.5 Å². The Hall–Kier alpha value is -1.43. The standard InChI is InChI=1S/C14H21N3O2.C2H6/c1-2-14(15)16-12-7-10-5-9(3-4-18)6-11(10)8-13(12)17-19;1-2/h7-9,17-19H,2-6H2,1H3,(H2,15,16);1-2H3/p+1. The summed E-state index contributed by atoms with van der Waals surface area (Å²) in [6.45, 7) is 6.18. The summed E-state index contributed by atoms with van der Waals surface area (Å²) in [6, 6.07) is 3.99. The van der Waals surface area contributed by atoms with Gasteiger partial charge in [-0.2, -0.15) is 5.48 Å². The third-order valence-electron chi connectivity index (χ3n) is 3.67. The number of rotatable bonds is 5. The lowest BCUT2D eigenvalue weighted by Crippen LogP contribution is -2.73. The molecular formula is C16H28N3O2+. The van der Waals surface area contributed by atoms with Crippen molar-refractivity contribution in [3.8, 4) is 0 Å². The molecule has 5 nitrogen and oxygen atoms in total. The van der Waals surface area contributed by atoms with Gasteiger partial charge < -0.3 is 10.8 Å². The second kappa shape index (κ2) is 8.77. The van der Waals surface area contributed by atoms with Crippen molar-refractivity contribution in [1.29, 1.82) is 0 Å². The van der Waals surface area contributed by atoms with Crippen LogP contribution in [-0.4, -0.2) is 22.8 Å². The van der Waals surface area contributed by atoms with E-state index in [2.05, 4.69) is 4.99 Å². The van der Waals surface area contributed by atoms with E-state index in [-0.39, 0.29) is 6.61 Å². The van der Waals surface area contributed by atoms with Crippen molar-refractivity contribution in [2.24, 2.45) is 16.6 Å². The summed E-state index contributed by atoms with van der Waals surface area (Å²) in [7, 11) is 0. The van der Waals surface area contributed by atoms with E-state index in [1.54, 1.807) is 0 Å². The van der Waals surface area contributed by atoms with E-state index in [4.69, 9.17) is 10.8 Å². The van der Waals surface area contributed by atoms with E-state index >= 15 is 0 Å². The molecule has 0 saturated carbocycles. The average molecular weight is 294 g/mol. The second-order valence-corrected chi connectivity index (χ2v) is 5.05. The maximum Gasteiger partial charge on any atom is 0.188 e. The predicted octanol–water partition coefficient (Wildman–Crippen LogP) is 1.79. The fourth-order valence-electron chi connectivity index (χ4n) is 2.59. The molecule has 1 aliphatic carbocycles. The maximum absolute atomic E-state index is 9.33. The summed E-state index contributed by atoms with van der Waals surface area (Å²) in [5.41, 5.74) is 10.8. The van der Waals surface area contributed by atoms with Crippen molar-refractivity contribution in [3.63, 3.8) is 0 Å². The lowest BCUT2D eigenvalue weighted by molar-refractivity contribution is -0.825. The number of amidine groups is 1. The minimum absolute atomic E-state index is 0.228. The number of nitrogens with zero attached hydrogens (tertiary/aromatic N) is 1. The highest BCUT2D eigenvalue weighted by atomic mass is 16.5. The Balaban J connectivity index is 0.00000106. The van der Waals surface area contributed by atoms with Gasteiger partial charge in [0.1, 0.15) is 5.69 Å². The molecule has 1 aromatic rings. The number of nitrogens with two attached hydrogens (primary N) is 2. The van der Waals surface area contributed by atoms with Crippen LogP contribution >= 0.6 is 0 Å². The molecule has 118 valence electrons. The molecule has 1 atom stereocenters. The van der Waals surface area contributed by atoms with Gasteiger partial charge in [-0.25, -0.2) is 10.2 Å². The molecule has 0 amide bonds. The molecule has 1 aromatic carbocycles. The molecule has 0 heterocycles. The Morgan fingerprint density at radius 3 is 2.48 bits per heavy atom. The van der Waals surface area contributed by atoms with Gasteiger partial charge in [0.2, 0.25) is 0 Å². The van der Waals surface area contributed by atoms with Crippen molar-refractivity contribution in [2.45, 2.75) is 46.5 Å². The van der Waals surface area contributed by atoms with Crippen LogP contribution in [0.1, 0.15) is 44.7 Å². The summed E-state index contributed by atoms with van der Waals surface area (Å²) < 4.78 is 0. The molecule has 1 unspecified atom stereocenters. The second-order valence-electron chi connectivity index (χ2n) is 5.05. The van der Waals surface area contributed by atoms with Crippen molar-refractivity contribution < 1.29 is 15.8 Å². The van der Waals surface area contributed by atoms with Crippen LogP contribution in [0.3, 0.4) is 0 Å². The van der Waals surface area contributed by atoms with Crippen LogP contribution in [0.25, 0.3) is 0 Å². The first-order valence-corrected chi connectivity index (χ1v) is 7.75. The van der Waals surface area contributed by atoms with Crippen LogP contribution in [-0.2, 0) is 12.8 Å². The zero-order valence-electron chi connectivity index (χ0n) is 13.3. The fraction of sp³-hybridized carbons (Fsp3) is 0.562.